The van der Waals surface area contributed by atoms with Gasteiger partial charge in [-0.05, 0) is 18.8 Å². The van der Waals surface area contributed by atoms with E-state index in [9.17, 15) is 8.42 Å². The summed E-state index contributed by atoms with van der Waals surface area (Å²) in [5.41, 5.74) is 5.60. The summed E-state index contributed by atoms with van der Waals surface area (Å²) in [5.74, 6) is 0.698. The third kappa shape index (κ3) is 3.46. The number of hydrogen-bond acceptors (Lipinski definition) is 5. The van der Waals surface area contributed by atoms with Crippen LogP contribution in [-0.2, 0) is 21.8 Å². The van der Waals surface area contributed by atoms with E-state index in [1.165, 1.54) is 35.1 Å². The first-order valence-electron chi connectivity index (χ1n) is 6.24. The summed E-state index contributed by atoms with van der Waals surface area (Å²) in [6.45, 7) is 1.43. The molecular formula is C11H20N4O3S. The fourth-order valence-electron chi connectivity index (χ4n) is 1.70. The highest BCUT2D eigenvalue weighted by atomic mass is 32.2. The molecule has 1 aliphatic rings. The lowest BCUT2D eigenvalue weighted by atomic mass is 10.5. The molecule has 108 valence electrons. The Morgan fingerprint density at radius 2 is 2.26 bits per heavy atom. The van der Waals surface area contributed by atoms with E-state index in [0.29, 0.717) is 19.1 Å². The molecule has 0 saturated heterocycles. The Kier molecular flexibility index (Phi) is 4.12. The number of rotatable bonds is 7. The molecule has 8 heteroatoms. The predicted octanol–water partition coefficient (Wildman–Crippen LogP) is 0.0494. The lowest BCUT2D eigenvalue weighted by molar-refractivity contribution is 0.117. The van der Waals surface area contributed by atoms with Gasteiger partial charge in [0.05, 0.1) is 6.61 Å². The predicted molar refractivity (Wildman–Crippen MR) is 71.0 cm³/mol. The number of likely N-dealkylation sites (N-methyl/N-ethyl adjacent to an activating group) is 1. The maximum absolute atomic E-state index is 12.2. The summed E-state index contributed by atoms with van der Waals surface area (Å²) >= 11 is 0. The molecule has 1 saturated carbocycles. The molecule has 0 amide bonds. The van der Waals surface area contributed by atoms with Crippen LogP contribution in [0.3, 0.4) is 0 Å². The lowest BCUT2D eigenvalue weighted by Gasteiger charge is -2.16. The van der Waals surface area contributed by atoms with Gasteiger partial charge in [0, 0.05) is 33.4 Å². The lowest BCUT2D eigenvalue weighted by Crippen LogP contribution is -2.30. The van der Waals surface area contributed by atoms with Crippen molar-refractivity contribution in [2.75, 3.05) is 32.5 Å². The minimum absolute atomic E-state index is 0.0215. The van der Waals surface area contributed by atoms with Gasteiger partial charge in [-0.3, -0.25) is 4.68 Å². The zero-order chi connectivity index (χ0) is 14.0. The first-order valence-corrected chi connectivity index (χ1v) is 7.68. The molecule has 2 rings (SSSR count). The fraction of sp³-hybridized carbons (Fsp3) is 0.727. The van der Waals surface area contributed by atoms with Crippen molar-refractivity contribution in [3.05, 3.63) is 6.20 Å². The number of aryl methyl sites for hydroxylation is 1. The van der Waals surface area contributed by atoms with Crippen LogP contribution >= 0.6 is 0 Å². The largest absolute Gasteiger partial charge is 0.381 e. The number of anilines is 1. The Bertz CT molecular complexity index is 536. The van der Waals surface area contributed by atoms with E-state index in [2.05, 4.69) is 5.10 Å². The zero-order valence-corrected chi connectivity index (χ0v) is 12.1. The van der Waals surface area contributed by atoms with Gasteiger partial charge in [-0.1, -0.05) is 0 Å². The van der Waals surface area contributed by atoms with Crippen molar-refractivity contribution in [3.8, 4) is 0 Å². The molecule has 1 aromatic rings. The summed E-state index contributed by atoms with van der Waals surface area (Å²) < 4.78 is 32.6. The second-order valence-corrected chi connectivity index (χ2v) is 6.91. The van der Waals surface area contributed by atoms with Gasteiger partial charge < -0.3 is 10.5 Å². The van der Waals surface area contributed by atoms with Crippen molar-refractivity contribution in [2.24, 2.45) is 13.0 Å². The Balaban J connectivity index is 1.92. The Hall–Kier alpha value is -1.12. The first-order chi connectivity index (χ1) is 8.91. The third-order valence-electron chi connectivity index (χ3n) is 3.11. The molecule has 0 spiro atoms. The highest BCUT2D eigenvalue weighted by Gasteiger charge is 2.26. The molecule has 0 unspecified atom stereocenters. The molecular weight excluding hydrogens is 268 g/mol. The Morgan fingerprint density at radius 1 is 1.58 bits per heavy atom. The van der Waals surface area contributed by atoms with Gasteiger partial charge in [0.15, 0.2) is 5.82 Å². The molecule has 1 aromatic heterocycles. The summed E-state index contributed by atoms with van der Waals surface area (Å²) in [6, 6.07) is 0. The average Bonchev–Trinajstić information content (AvgIpc) is 3.09. The molecule has 7 nitrogen and oxygen atoms in total. The van der Waals surface area contributed by atoms with Gasteiger partial charge in [-0.2, -0.15) is 9.40 Å². The van der Waals surface area contributed by atoms with Crippen LogP contribution in [0.15, 0.2) is 11.1 Å². The van der Waals surface area contributed by atoms with E-state index in [1.807, 2.05) is 0 Å². The number of aromatic nitrogens is 2. The van der Waals surface area contributed by atoms with Crippen molar-refractivity contribution < 1.29 is 13.2 Å². The SMILES string of the molecule is CN(CCOCC1CC1)S(=O)(=O)c1cn(C)nc1N. The van der Waals surface area contributed by atoms with Crippen molar-refractivity contribution in [1.82, 2.24) is 14.1 Å². The average molecular weight is 288 g/mol. The topological polar surface area (TPSA) is 90.5 Å². The number of nitrogens with zero attached hydrogens (tertiary/aromatic N) is 3. The second-order valence-electron chi connectivity index (χ2n) is 4.90. The minimum Gasteiger partial charge on any atom is -0.381 e. The van der Waals surface area contributed by atoms with E-state index >= 15 is 0 Å². The van der Waals surface area contributed by atoms with Crippen LogP contribution in [0.1, 0.15) is 12.8 Å². The quantitative estimate of drug-likeness (QED) is 0.716. The summed E-state index contributed by atoms with van der Waals surface area (Å²) in [7, 11) is -0.440. The standard InChI is InChI=1S/C11H20N4O3S/c1-14-7-10(11(12)13-14)19(16,17)15(2)5-6-18-8-9-3-4-9/h7,9H,3-6,8H2,1-2H3,(H2,12,13). The van der Waals surface area contributed by atoms with Crippen LogP contribution in [-0.4, -0.2) is 49.3 Å². The third-order valence-corrected chi connectivity index (χ3v) is 4.98. The minimum atomic E-state index is -3.59. The van der Waals surface area contributed by atoms with Gasteiger partial charge in [-0.15, -0.1) is 0 Å². The van der Waals surface area contributed by atoms with E-state index < -0.39 is 10.0 Å². The van der Waals surface area contributed by atoms with Crippen molar-refractivity contribution in [3.63, 3.8) is 0 Å². The molecule has 2 N–H and O–H groups in total. The molecule has 1 heterocycles. The van der Waals surface area contributed by atoms with Crippen molar-refractivity contribution >= 4 is 15.8 Å². The fourth-order valence-corrected chi connectivity index (χ4v) is 2.94. The number of ether oxygens (including phenoxy) is 1. The Morgan fingerprint density at radius 3 is 2.79 bits per heavy atom. The molecule has 0 aliphatic heterocycles. The smallest absolute Gasteiger partial charge is 0.248 e. The maximum Gasteiger partial charge on any atom is 0.248 e. The number of nitrogens with two attached hydrogens (primary N) is 1. The molecule has 1 fully saturated rings. The first kappa shape index (κ1) is 14.3. The van der Waals surface area contributed by atoms with Gasteiger partial charge in [0.1, 0.15) is 4.90 Å². The summed E-state index contributed by atoms with van der Waals surface area (Å²) in [4.78, 5) is 0.0414. The number of nitrogen functional groups attached to an aromatic ring is 1. The van der Waals surface area contributed by atoms with Gasteiger partial charge in [0.2, 0.25) is 10.0 Å². The van der Waals surface area contributed by atoms with Crippen molar-refractivity contribution in [1.29, 1.82) is 0 Å². The molecule has 1 aliphatic carbocycles. The molecule has 0 aromatic carbocycles. The number of sulfonamides is 1. The second kappa shape index (κ2) is 5.48. The Labute approximate surface area is 113 Å². The number of hydrogen-bond donors (Lipinski definition) is 1. The van der Waals surface area contributed by atoms with Crippen LogP contribution in [0.2, 0.25) is 0 Å². The maximum atomic E-state index is 12.2. The molecule has 19 heavy (non-hydrogen) atoms. The molecule has 0 radical (unpaired) electrons. The normalized spacial score (nSPS) is 16.2. The van der Waals surface area contributed by atoms with Crippen molar-refractivity contribution in [2.45, 2.75) is 17.7 Å². The highest BCUT2D eigenvalue weighted by molar-refractivity contribution is 7.89. The van der Waals surface area contributed by atoms with Gasteiger partial charge in [-0.25, -0.2) is 8.42 Å². The van der Waals surface area contributed by atoms with Crippen LogP contribution in [0.4, 0.5) is 5.82 Å². The van der Waals surface area contributed by atoms with Crippen LogP contribution in [0, 0.1) is 5.92 Å². The van der Waals surface area contributed by atoms with Crippen LogP contribution in [0.25, 0.3) is 0 Å². The monoisotopic (exact) mass is 288 g/mol. The summed E-state index contributed by atoms with van der Waals surface area (Å²) in [6.07, 6.45) is 3.85. The van der Waals surface area contributed by atoms with E-state index in [4.69, 9.17) is 10.5 Å². The van der Waals surface area contributed by atoms with Crippen LogP contribution in [0.5, 0.6) is 0 Å². The zero-order valence-electron chi connectivity index (χ0n) is 11.2. The summed E-state index contributed by atoms with van der Waals surface area (Å²) in [5, 5.41) is 3.85. The highest BCUT2D eigenvalue weighted by Crippen LogP contribution is 2.28. The van der Waals surface area contributed by atoms with E-state index in [1.54, 1.807) is 7.05 Å². The van der Waals surface area contributed by atoms with E-state index in [0.717, 1.165) is 6.61 Å². The van der Waals surface area contributed by atoms with Gasteiger partial charge >= 0.3 is 0 Å². The molecule has 0 bridgehead atoms. The molecule has 0 atom stereocenters. The van der Waals surface area contributed by atoms with Gasteiger partial charge in [0.25, 0.3) is 0 Å². The van der Waals surface area contributed by atoms with Crippen LogP contribution < -0.4 is 5.73 Å². The van der Waals surface area contributed by atoms with E-state index in [-0.39, 0.29) is 10.7 Å².